The highest BCUT2D eigenvalue weighted by atomic mass is 28.3. The van der Waals surface area contributed by atoms with Gasteiger partial charge in [-0.15, -0.1) is 0 Å². The molecule has 0 spiro atoms. The van der Waals surface area contributed by atoms with Crippen LogP contribution in [0.1, 0.15) is 23.2 Å². The third kappa shape index (κ3) is 3.05. The molecule has 0 N–H and O–H groups in total. The maximum atomic E-state index is 13.0. The van der Waals surface area contributed by atoms with Gasteiger partial charge in [-0.3, -0.25) is 9.69 Å². The standard InChI is InChI=1S/C18H27NO2Si/c1-19-15-8-14(9-16(19)12-21-11-15)18(20)13-6-5-7-17(10-13)22(2,3)4/h5-7,10,14-16H,8-9,11-12H2,1-4H3. The molecule has 0 saturated carbocycles. The summed E-state index contributed by atoms with van der Waals surface area (Å²) in [6, 6.07) is 9.19. The zero-order chi connectivity index (χ0) is 15.9. The van der Waals surface area contributed by atoms with E-state index in [9.17, 15) is 4.79 Å². The fourth-order valence-electron chi connectivity index (χ4n) is 3.68. The molecule has 3 rings (SSSR count). The van der Waals surface area contributed by atoms with E-state index in [2.05, 4.69) is 49.8 Å². The van der Waals surface area contributed by atoms with E-state index in [1.807, 2.05) is 6.07 Å². The maximum absolute atomic E-state index is 13.0. The molecule has 3 nitrogen and oxygen atoms in total. The molecule has 0 radical (unpaired) electrons. The van der Waals surface area contributed by atoms with Crippen LogP contribution in [0.15, 0.2) is 24.3 Å². The summed E-state index contributed by atoms with van der Waals surface area (Å²) < 4.78 is 5.66. The van der Waals surface area contributed by atoms with Crippen molar-refractivity contribution in [2.75, 3.05) is 20.3 Å². The third-order valence-electron chi connectivity index (χ3n) is 5.27. The highest BCUT2D eigenvalue weighted by molar-refractivity contribution is 6.88. The van der Waals surface area contributed by atoms with Gasteiger partial charge >= 0.3 is 0 Å². The number of ketones is 1. The molecule has 22 heavy (non-hydrogen) atoms. The number of piperidine rings is 1. The first-order valence-corrected chi connectivity index (χ1v) is 11.8. The Labute approximate surface area is 134 Å². The highest BCUT2D eigenvalue weighted by Gasteiger charge is 2.39. The summed E-state index contributed by atoms with van der Waals surface area (Å²) in [5, 5.41) is 1.37. The lowest BCUT2D eigenvalue weighted by molar-refractivity contribution is -0.0702. The molecule has 120 valence electrons. The predicted octanol–water partition coefficient (Wildman–Crippen LogP) is 2.52. The van der Waals surface area contributed by atoms with Gasteiger partial charge in [-0.1, -0.05) is 49.1 Å². The van der Waals surface area contributed by atoms with E-state index in [-0.39, 0.29) is 5.92 Å². The molecule has 1 aromatic carbocycles. The molecule has 0 amide bonds. The summed E-state index contributed by atoms with van der Waals surface area (Å²) in [5.41, 5.74) is 0.911. The number of hydrogen-bond donors (Lipinski definition) is 0. The van der Waals surface area contributed by atoms with Crippen LogP contribution in [0, 0.1) is 5.92 Å². The fraction of sp³-hybridized carbons (Fsp3) is 0.611. The quantitative estimate of drug-likeness (QED) is 0.634. The van der Waals surface area contributed by atoms with Crippen LogP contribution in [0.2, 0.25) is 19.6 Å². The van der Waals surface area contributed by atoms with Gasteiger partial charge in [0.05, 0.1) is 21.3 Å². The van der Waals surface area contributed by atoms with Crippen LogP contribution in [0.3, 0.4) is 0 Å². The van der Waals surface area contributed by atoms with Crippen molar-refractivity contribution in [3.8, 4) is 0 Å². The second kappa shape index (κ2) is 5.91. The fourth-order valence-corrected chi connectivity index (χ4v) is 4.87. The van der Waals surface area contributed by atoms with Gasteiger partial charge in [-0.25, -0.2) is 0 Å². The van der Waals surface area contributed by atoms with Crippen molar-refractivity contribution >= 4 is 19.0 Å². The number of carbonyl (C=O) groups excluding carboxylic acids is 1. The van der Waals surface area contributed by atoms with Gasteiger partial charge in [0.1, 0.15) is 0 Å². The molecule has 2 fully saturated rings. The molecule has 2 saturated heterocycles. The minimum atomic E-state index is -1.37. The number of Topliss-reactive ketones (excluding diaryl/α,β-unsaturated/α-hetero) is 1. The van der Waals surface area contributed by atoms with Gasteiger partial charge in [-0.2, -0.15) is 0 Å². The molecule has 2 aliphatic rings. The van der Waals surface area contributed by atoms with Gasteiger partial charge in [0.15, 0.2) is 5.78 Å². The second-order valence-electron chi connectivity index (χ2n) is 7.87. The van der Waals surface area contributed by atoms with Gasteiger partial charge in [0.2, 0.25) is 0 Å². The number of hydrogen-bond acceptors (Lipinski definition) is 3. The van der Waals surface area contributed by atoms with E-state index in [4.69, 9.17) is 4.74 Å². The molecule has 0 aliphatic carbocycles. The number of fused-ring (bicyclic) bond motifs is 2. The number of rotatable bonds is 3. The number of nitrogens with zero attached hydrogens (tertiary/aromatic N) is 1. The number of carbonyl (C=O) groups is 1. The average Bonchev–Trinajstić information content (AvgIpc) is 2.45. The van der Waals surface area contributed by atoms with E-state index in [0.717, 1.165) is 31.6 Å². The van der Waals surface area contributed by atoms with E-state index in [1.165, 1.54) is 5.19 Å². The zero-order valence-corrected chi connectivity index (χ0v) is 15.1. The van der Waals surface area contributed by atoms with Crippen LogP contribution in [0.25, 0.3) is 0 Å². The van der Waals surface area contributed by atoms with Crippen molar-refractivity contribution in [2.45, 2.75) is 44.6 Å². The van der Waals surface area contributed by atoms with Gasteiger partial charge in [0.25, 0.3) is 0 Å². The summed E-state index contributed by atoms with van der Waals surface area (Å²) >= 11 is 0. The number of benzene rings is 1. The molecule has 1 aromatic rings. The number of morpholine rings is 1. The average molecular weight is 318 g/mol. The maximum Gasteiger partial charge on any atom is 0.166 e. The van der Waals surface area contributed by atoms with Gasteiger partial charge in [0, 0.05) is 23.6 Å². The monoisotopic (exact) mass is 317 g/mol. The Morgan fingerprint density at radius 1 is 1.18 bits per heavy atom. The van der Waals surface area contributed by atoms with Crippen molar-refractivity contribution < 1.29 is 9.53 Å². The summed E-state index contributed by atoms with van der Waals surface area (Å²) in [5.74, 6) is 0.497. The predicted molar refractivity (Wildman–Crippen MR) is 92.6 cm³/mol. The molecule has 2 heterocycles. The Hall–Kier alpha value is -0.973. The number of likely N-dealkylation sites (N-methyl/N-ethyl adjacent to an activating group) is 1. The first kappa shape index (κ1) is 15.9. The molecule has 2 unspecified atom stereocenters. The van der Waals surface area contributed by atoms with Crippen molar-refractivity contribution in [1.29, 1.82) is 0 Å². The van der Waals surface area contributed by atoms with E-state index >= 15 is 0 Å². The summed E-state index contributed by atoms with van der Waals surface area (Å²) in [7, 11) is 0.797. The second-order valence-corrected chi connectivity index (χ2v) is 13.0. The van der Waals surface area contributed by atoms with E-state index < -0.39 is 8.07 Å². The Morgan fingerprint density at radius 2 is 1.82 bits per heavy atom. The van der Waals surface area contributed by atoms with Crippen molar-refractivity contribution in [3.63, 3.8) is 0 Å². The van der Waals surface area contributed by atoms with Gasteiger partial charge < -0.3 is 4.74 Å². The Kier molecular flexibility index (Phi) is 4.27. The lowest BCUT2D eigenvalue weighted by Crippen LogP contribution is -2.55. The largest absolute Gasteiger partial charge is 0.378 e. The molecule has 0 aromatic heterocycles. The molecule has 2 aliphatic heterocycles. The van der Waals surface area contributed by atoms with E-state index in [0.29, 0.717) is 17.9 Å². The minimum Gasteiger partial charge on any atom is -0.378 e. The smallest absolute Gasteiger partial charge is 0.166 e. The molecular formula is C18H27NO2Si. The first-order chi connectivity index (χ1) is 10.4. The first-order valence-electron chi connectivity index (χ1n) is 8.30. The van der Waals surface area contributed by atoms with Crippen LogP contribution in [-0.4, -0.2) is 51.1 Å². The van der Waals surface area contributed by atoms with Crippen LogP contribution >= 0.6 is 0 Å². The molecule has 2 bridgehead atoms. The van der Waals surface area contributed by atoms with Gasteiger partial charge in [-0.05, 0) is 19.9 Å². The molecular weight excluding hydrogens is 290 g/mol. The summed E-state index contributed by atoms with van der Waals surface area (Å²) in [4.78, 5) is 15.4. The lowest BCUT2D eigenvalue weighted by Gasteiger charge is -2.46. The SMILES string of the molecule is CN1C2COCC1CC(C(=O)c1cccc([Si](C)(C)C)c1)C2. The van der Waals surface area contributed by atoms with Crippen molar-refractivity contribution in [2.24, 2.45) is 5.92 Å². The molecule has 2 atom stereocenters. The zero-order valence-electron chi connectivity index (χ0n) is 14.1. The van der Waals surface area contributed by atoms with Crippen molar-refractivity contribution in [3.05, 3.63) is 29.8 Å². The Bertz CT molecular complexity index is 552. The Morgan fingerprint density at radius 3 is 2.41 bits per heavy atom. The number of ether oxygens (including phenoxy) is 1. The Balaban J connectivity index is 1.80. The third-order valence-corrected chi connectivity index (χ3v) is 7.31. The van der Waals surface area contributed by atoms with Crippen LogP contribution in [-0.2, 0) is 4.74 Å². The summed E-state index contributed by atoms with van der Waals surface area (Å²) in [6.45, 7) is 8.52. The van der Waals surface area contributed by atoms with Crippen LogP contribution in [0.5, 0.6) is 0 Å². The van der Waals surface area contributed by atoms with Crippen LogP contribution in [0.4, 0.5) is 0 Å². The molecule has 4 heteroatoms. The minimum absolute atomic E-state index is 0.159. The lowest BCUT2D eigenvalue weighted by atomic mass is 9.81. The topological polar surface area (TPSA) is 29.5 Å². The van der Waals surface area contributed by atoms with E-state index in [1.54, 1.807) is 0 Å². The van der Waals surface area contributed by atoms with Crippen molar-refractivity contribution in [1.82, 2.24) is 4.90 Å². The summed E-state index contributed by atoms with van der Waals surface area (Å²) in [6.07, 6.45) is 1.87. The normalized spacial score (nSPS) is 29.4. The van der Waals surface area contributed by atoms with Crippen LogP contribution < -0.4 is 5.19 Å². The highest BCUT2D eigenvalue weighted by Crippen LogP contribution is 2.32.